The highest BCUT2D eigenvalue weighted by atomic mass is 16.5. The molecule has 0 radical (unpaired) electrons. The highest BCUT2D eigenvalue weighted by molar-refractivity contribution is 5.05. The number of rotatable bonds is 5. The van der Waals surface area contributed by atoms with E-state index in [-0.39, 0.29) is 13.2 Å². The van der Waals surface area contributed by atoms with Crippen LogP contribution in [0.1, 0.15) is 18.4 Å². The Bertz CT molecular complexity index is 242. The third kappa shape index (κ3) is 3.59. The van der Waals surface area contributed by atoms with E-state index in [2.05, 4.69) is 0 Å². The summed E-state index contributed by atoms with van der Waals surface area (Å²) < 4.78 is 10.3. The standard InChI is InChI=1S/C9H14O4/c1-7(11)5-12-6-9-3-2-8(4-10)13-9/h2-3,7,10-11H,4-6H2,1H3. The second kappa shape index (κ2) is 5.01. The van der Waals surface area contributed by atoms with Gasteiger partial charge in [-0.1, -0.05) is 0 Å². The van der Waals surface area contributed by atoms with Crippen LogP contribution >= 0.6 is 0 Å². The van der Waals surface area contributed by atoms with E-state index in [1.807, 2.05) is 0 Å². The molecule has 0 aliphatic heterocycles. The van der Waals surface area contributed by atoms with Crippen molar-refractivity contribution in [1.82, 2.24) is 0 Å². The zero-order valence-electron chi connectivity index (χ0n) is 7.56. The van der Waals surface area contributed by atoms with E-state index >= 15 is 0 Å². The van der Waals surface area contributed by atoms with Crippen molar-refractivity contribution in [2.45, 2.75) is 26.2 Å². The fraction of sp³-hybridized carbons (Fsp3) is 0.556. The maximum atomic E-state index is 8.89. The summed E-state index contributed by atoms with van der Waals surface area (Å²) in [5.74, 6) is 1.18. The molecule has 0 aliphatic rings. The molecule has 1 unspecified atom stereocenters. The molecule has 13 heavy (non-hydrogen) atoms. The van der Waals surface area contributed by atoms with Crippen molar-refractivity contribution in [3.05, 3.63) is 23.7 Å². The first-order valence-corrected chi connectivity index (χ1v) is 4.16. The molecule has 4 heteroatoms. The molecule has 4 nitrogen and oxygen atoms in total. The van der Waals surface area contributed by atoms with Crippen LogP contribution in [0.25, 0.3) is 0 Å². The molecule has 0 bridgehead atoms. The van der Waals surface area contributed by atoms with Gasteiger partial charge in [-0.15, -0.1) is 0 Å². The Morgan fingerprint density at radius 3 is 2.69 bits per heavy atom. The number of ether oxygens (including phenoxy) is 1. The SMILES string of the molecule is CC(O)COCc1ccc(CO)o1. The molecular weight excluding hydrogens is 172 g/mol. The molecule has 1 rings (SSSR count). The second-order valence-corrected chi connectivity index (χ2v) is 2.89. The molecule has 0 saturated heterocycles. The molecule has 0 aliphatic carbocycles. The van der Waals surface area contributed by atoms with Crippen LogP contribution in [0.5, 0.6) is 0 Å². The van der Waals surface area contributed by atoms with E-state index in [1.54, 1.807) is 19.1 Å². The Morgan fingerprint density at radius 2 is 2.15 bits per heavy atom. The first-order chi connectivity index (χ1) is 6.22. The van der Waals surface area contributed by atoms with Crippen molar-refractivity contribution < 1.29 is 19.4 Å². The van der Waals surface area contributed by atoms with Crippen LogP contribution in [-0.4, -0.2) is 22.9 Å². The lowest BCUT2D eigenvalue weighted by Crippen LogP contribution is -2.09. The highest BCUT2D eigenvalue weighted by Crippen LogP contribution is 2.08. The Balaban J connectivity index is 2.28. The normalized spacial score (nSPS) is 13.2. The van der Waals surface area contributed by atoms with E-state index in [0.29, 0.717) is 18.1 Å². The minimum atomic E-state index is -0.465. The summed E-state index contributed by atoms with van der Waals surface area (Å²) >= 11 is 0. The zero-order valence-corrected chi connectivity index (χ0v) is 7.56. The third-order valence-corrected chi connectivity index (χ3v) is 1.48. The molecule has 74 valence electrons. The number of aliphatic hydroxyl groups is 2. The van der Waals surface area contributed by atoms with E-state index in [4.69, 9.17) is 19.4 Å². The van der Waals surface area contributed by atoms with Gasteiger partial charge in [-0.2, -0.15) is 0 Å². The summed E-state index contributed by atoms with van der Waals surface area (Å²) in [5, 5.41) is 17.6. The van der Waals surface area contributed by atoms with Crippen LogP contribution in [0.3, 0.4) is 0 Å². The quantitative estimate of drug-likeness (QED) is 0.709. The van der Waals surface area contributed by atoms with Crippen molar-refractivity contribution >= 4 is 0 Å². The molecular formula is C9H14O4. The van der Waals surface area contributed by atoms with Gasteiger partial charge in [0.15, 0.2) is 0 Å². The summed E-state index contributed by atoms with van der Waals surface area (Å²) in [4.78, 5) is 0. The molecule has 1 aromatic heterocycles. The Kier molecular flexibility index (Phi) is 3.95. The maximum absolute atomic E-state index is 8.89. The van der Waals surface area contributed by atoms with Crippen LogP contribution in [0.2, 0.25) is 0 Å². The van der Waals surface area contributed by atoms with Crippen molar-refractivity contribution in [1.29, 1.82) is 0 Å². The lowest BCUT2D eigenvalue weighted by Gasteiger charge is -2.03. The smallest absolute Gasteiger partial charge is 0.129 e. The average molecular weight is 186 g/mol. The molecule has 0 saturated carbocycles. The van der Waals surface area contributed by atoms with Gasteiger partial charge in [-0.05, 0) is 19.1 Å². The van der Waals surface area contributed by atoms with Gasteiger partial charge in [0, 0.05) is 0 Å². The maximum Gasteiger partial charge on any atom is 0.129 e. The second-order valence-electron chi connectivity index (χ2n) is 2.89. The molecule has 1 aromatic rings. The number of hydrogen-bond acceptors (Lipinski definition) is 4. The molecule has 2 N–H and O–H groups in total. The number of hydrogen-bond donors (Lipinski definition) is 2. The summed E-state index contributed by atoms with van der Waals surface area (Å²) in [5.41, 5.74) is 0. The van der Waals surface area contributed by atoms with E-state index in [0.717, 1.165) is 0 Å². The molecule has 1 atom stereocenters. The molecule has 0 amide bonds. The van der Waals surface area contributed by atoms with Gasteiger partial charge in [0.05, 0.1) is 12.7 Å². The van der Waals surface area contributed by atoms with Crippen molar-refractivity contribution in [3.8, 4) is 0 Å². The summed E-state index contributed by atoms with van der Waals surface area (Å²) in [7, 11) is 0. The van der Waals surface area contributed by atoms with Crippen LogP contribution in [0.4, 0.5) is 0 Å². The lowest BCUT2D eigenvalue weighted by molar-refractivity contribution is 0.0300. The topological polar surface area (TPSA) is 62.8 Å². The van der Waals surface area contributed by atoms with Crippen molar-refractivity contribution in [2.75, 3.05) is 6.61 Å². The van der Waals surface area contributed by atoms with Gasteiger partial charge in [-0.3, -0.25) is 0 Å². The van der Waals surface area contributed by atoms with Gasteiger partial charge in [0.25, 0.3) is 0 Å². The predicted molar refractivity (Wildman–Crippen MR) is 46.0 cm³/mol. The van der Waals surface area contributed by atoms with Crippen LogP contribution in [0.15, 0.2) is 16.5 Å². The van der Waals surface area contributed by atoms with Gasteiger partial charge < -0.3 is 19.4 Å². The lowest BCUT2D eigenvalue weighted by atomic mass is 10.4. The highest BCUT2D eigenvalue weighted by Gasteiger charge is 2.01. The minimum Gasteiger partial charge on any atom is -0.461 e. The summed E-state index contributed by atoms with van der Waals surface area (Å²) in [6, 6.07) is 3.44. The molecule has 0 fully saturated rings. The largest absolute Gasteiger partial charge is 0.461 e. The third-order valence-electron chi connectivity index (χ3n) is 1.48. The number of furan rings is 1. The van der Waals surface area contributed by atoms with Crippen LogP contribution < -0.4 is 0 Å². The monoisotopic (exact) mass is 186 g/mol. The number of aliphatic hydroxyl groups excluding tert-OH is 2. The van der Waals surface area contributed by atoms with Crippen molar-refractivity contribution in [3.63, 3.8) is 0 Å². The van der Waals surface area contributed by atoms with Gasteiger partial charge in [-0.25, -0.2) is 0 Å². The van der Waals surface area contributed by atoms with E-state index in [9.17, 15) is 0 Å². The van der Waals surface area contributed by atoms with E-state index < -0.39 is 6.10 Å². The van der Waals surface area contributed by atoms with Crippen LogP contribution in [0, 0.1) is 0 Å². The van der Waals surface area contributed by atoms with Crippen molar-refractivity contribution in [2.24, 2.45) is 0 Å². The first kappa shape index (κ1) is 10.2. The van der Waals surface area contributed by atoms with Gasteiger partial charge in [0.2, 0.25) is 0 Å². The van der Waals surface area contributed by atoms with Gasteiger partial charge in [0.1, 0.15) is 24.7 Å². The fourth-order valence-electron chi connectivity index (χ4n) is 0.915. The Hall–Kier alpha value is -0.840. The minimum absolute atomic E-state index is 0.101. The van der Waals surface area contributed by atoms with Gasteiger partial charge >= 0.3 is 0 Å². The summed E-state index contributed by atoms with van der Waals surface area (Å²) in [6.07, 6.45) is -0.465. The predicted octanol–water partition coefficient (Wildman–Crippen LogP) is 0.669. The fourth-order valence-corrected chi connectivity index (χ4v) is 0.915. The van der Waals surface area contributed by atoms with Crippen LogP contribution in [-0.2, 0) is 18.0 Å². The Morgan fingerprint density at radius 1 is 1.46 bits per heavy atom. The molecule has 0 spiro atoms. The molecule has 0 aromatic carbocycles. The Labute approximate surface area is 76.8 Å². The summed E-state index contributed by atoms with van der Waals surface area (Å²) in [6.45, 7) is 2.16. The molecule has 1 heterocycles. The average Bonchev–Trinajstić information content (AvgIpc) is 2.52. The van der Waals surface area contributed by atoms with E-state index in [1.165, 1.54) is 0 Å². The first-order valence-electron chi connectivity index (χ1n) is 4.16. The zero-order chi connectivity index (χ0) is 9.68.